The lowest BCUT2D eigenvalue weighted by atomic mass is 9.84. The Hall–Kier alpha value is -3.11. The molecule has 1 N–H and O–H groups in total. The minimum atomic E-state index is -2.86. The standard InChI is InChI=1S/C30H37F2N5O2S/c1-3-21-5-4-6-23(15-21)16-37-18-26(33-20-37)28(38)34-24-9-7-22(8-10-24)11-13-36-14-12-27-25(17-36)35-29(40-27)39-19-30(2,31)32/h3-6,15,18,20,22,24H,1,7-14,16-17,19H2,2H3,(H,34,38). The van der Waals surface area contributed by atoms with Gasteiger partial charge in [0.1, 0.15) is 5.69 Å². The first kappa shape index (κ1) is 28.4. The molecule has 0 saturated heterocycles. The van der Waals surface area contributed by atoms with E-state index in [1.165, 1.54) is 11.3 Å². The minimum absolute atomic E-state index is 0.111. The maximum Gasteiger partial charge on any atom is 0.278 e. The Morgan fingerprint density at radius 3 is 2.90 bits per heavy atom. The summed E-state index contributed by atoms with van der Waals surface area (Å²) in [6.45, 7) is 7.38. The minimum Gasteiger partial charge on any atom is -0.464 e. The zero-order valence-corrected chi connectivity index (χ0v) is 23.8. The predicted octanol–water partition coefficient (Wildman–Crippen LogP) is 5.80. The predicted molar refractivity (Wildman–Crippen MR) is 153 cm³/mol. The highest BCUT2D eigenvalue weighted by Gasteiger charge is 2.27. The first-order valence-corrected chi connectivity index (χ1v) is 14.8. The van der Waals surface area contributed by atoms with Gasteiger partial charge >= 0.3 is 0 Å². The number of fused-ring (bicyclic) bond motifs is 1. The van der Waals surface area contributed by atoms with Crippen LogP contribution < -0.4 is 10.1 Å². The third-order valence-electron chi connectivity index (χ3n) is 7.69. The van der Waals surface area contributed by atoms with Crippen LogP contribution in [0.2, 0.25) is 0 Å². The molecule has 1 amide bonds. The van der Waals surface area contributed by atoms with E-state index in [9.17, 15) is 13.6 Å². The van der Waals surface area contributed by atoms with Crippen LogP contribution in [0, 0.1) is 5.92 Å². The third-order valence-corrected chi connectivity index (χ3v) is 8.76. The molecule has 5 rings (SSSR count). The molecular formula is C30H37F2N5O2S. The van der Waals surface area contributed by atoms with E-state index in [2.05, 4.69) is 38.9 Å². The molecule has 1 saturated carbocycles. The van der Waals surface area contributed by atoms with Crippen LogP contribution in [-0.4, -0.2) is 57.0 Å². The van der Waals surface area contributed by atoms with E-state index in [0.29, 0.717) is 23.4 Å². The van der Waals surface area contributed by atoms with E-state index < -0.39 is 12.5 Å². The second kappa shape index (κ2) is 12.6. The molecule has 1 fully saturated rings. The summed E-state index contributed by atoms with van der Waals surface area (Å²) >= 11 is 1.39. The van der Waals surface area contributed by atoms with Crippen LogP contribution in [0.3, 0.4) is 0 Å². The zero-order valence-electron chi connectivity index (χ0n) is 23.0. The molecule has 1 aliphatic heterocycles. The van der Waals surface area contributed by atoms with Crippen molar-refractivity contribution in [3.8, 4) is 5.19 Å². The number of hydrogen-bond donors (Lipinski definition) is 1. The van der Waals surface area contributed by atoms with Gasteiger partial charge in [-0.25, -0.2) is 18.7 Å². The van der Waals surface area contributed by atoms with Gasteiger partial charge in [-0.2, -0.15) is 0 Å². The van der Waals surface area contributed by atoms with Crippen LogP contribution >= 0.6 is 11.3 Å². The number of rotatable bonds is 11. The number of hydrogen-bond acceptors (Lipinski definition) is 6. The highest BCUT2D eigenvalue weighted by Crippen LogP contribution is 2.32. The van der Waals surface area contributed by atoms with Gasteiger partial charge in [0.2, 0.25) is 0 Å². The molecule has 7 nitrogen and oxygen atoms in total. The Balaban J connectivity index is 1.02. The summed E-state index contributed by atoms with van der Waals surface area (Å²) in [6.07, 6.45) is 11.5. The molecule has 40 heavy (non-hydrogen) atoms. The van der Waals surface area contributed by atoms with Crippen molar-refractivity contribution in [2.45, 2.75) is 70.5 Å². The number of nitrogens with zero attached hydrogens (tertiary/aromatic N) is 4. The number of carbonyl (C=O) groups excluding carboxylic acids is 1. The first-order chi connectivity index (χ1) is 19.2. The van der Waals surface area contributed by atoms with Crippen LogP contribution in [0.1, 0.15) is 71.2 Å². The lowest BCUT2D eigenvalue weighted by Crippen LogP contribution is -2.38. The fraction of sp³-hybridized carbons (Fsp3) is 0.500. The van der Waals surface area contributed by atoms with Crippen molar-refractivity contribution in [3.05, 3.63) is 70.8 Å². The monoisotopic (exact) mass is 569 g/mol. The number of ether oxygens (including phenoxy) is 1. The SMILES string of the molecule is C=Cc1cccc(Cn2cnc(C(=O)NC3CCC(CCN4CCc5sc(OCC(C)(F)F)nc5C4)CC3)c2)c1. The Labute approximate surface area is 238 Å². The number of imidazole rings is 1. The average molecular weight is 570 g/mol. The smallest absolute Gasteiger partial charge is 0.278 e. The topological polar surface area (TPSA) is 72.3 Å². The van der Waals surface area contributed by atoms with Gasteiger partial charge in [0.05, 0.1) is 12.0 Å². The van der Waals surface area contributed by atoms with Crippen molar-refractivity contribution in [2.24, 2.45) is 5.92 Å². The van der Waals surface area contributed by atoms with Crippen molar-refractivity contribution in [2.75, 3.05) is 19.7 Å². The highest BCUT2D eigenvalue weighted by atomic mass is 32.1. The maximum atomic E-state index is 13.1. The number of alkyl halides is 2. The molecule has 0 spiro atoms. The van der Waals surface area contributed by atoms with Gasteiger partial charge in [-0.15, -0.1) is 0 Å². The lowest BCUT2D eigenvalue weighted by molar-refractivity contribution is -0.0230. The fourth-order valence-corrected chi connectivity index (χ4v) is 6.39. The molecule has 0 radical (unpaired) electrons. The Morgan fingerprint density at radius 2 is 2.12 bits per heavy atom. The summed E-state index contributed by atoms with van der Waals surface area (Å²) in [6, 6.07) is 8.33. The van der Waals surface area contributed by atoms with E-state index >= 15 is 0 Å². The van der Waals surface area contributed by atoms with Gasteiger partial charge in [0, 0.05) is 43.7 Å². The Kier molecular flexibility index (Phi) is 8.95. The molecule has 1 aromatic carbocycles. The third kappa shape index (κ3) is 7.75. The second-order valence-corrected chi connectivity index (χ2v) is 12.1. The lowest BCUT2D eigenvalue weighted by Gasteiger charge is -2.31. The molecule has 2 aromatic heterocycles. The number of thiazole rings is 1. The summed E-state index contributed by atoms with van der Waals surface area (Å²) < 4.78 is 33.3. The van der Waals surface area contributed by atoms with Gasteiger partial charge in [0.25, 0.3) is 17.0 Å². The Bertz CT molecular complexity index is 1310. The van der Waals surface area contributed by atoms with Crippen LogP contribution in [-0.2, 0) is 19.5 Å². The number of carbonyl (C=O) groups is 1. The molecular weight excluding hydrogens is 532 g/mol. The highest BCUT2D eigenvalue weighted by molar-refractivity contribution is 7.13. The summed E-state index contributed by atoms with van der Waals surface area (Å²) in [5, 5.41) is 3.53. The summed E-state index contributed by atoms with van der Waals surface area (Å²) in [5.74, 6) is -2.33. The first-order valence-electron chi connectivity index (χ1n) is 14.0. The van der Waals surface area contributed by atoms with Gasteiger partial charge in [0.15, 0.2) is 6.61 Å². The van der Waals surface area contributed by atoms with Crippen LogP contribution in [0.4, 0.5) is 8.78 Å². The van der Waals surface area contributed by atoms with Crippen molar-refractivity contribution in [1.82, 2.24) is 24.8 Å². The number of halogens is 2. The summed E-state index contributed by atoms with van der Waals surface area (Å²) in [4.78, 5) is 25.2. The van der Waals surface area contributed by atoms with Crippen molar-refractivity contribution in [3.63, 3.8) is 0 Å². The van der Waals surface area contributed by atoms with E-state index in [1.807, 2.05) is 29.0 Å². The number of amides is 1. The molecule has 0 bridgehead atoms. The van der Waals surface area contributed by atoms with Crippen LogP contribution in [0.25, 0.3) is 6.08 Å². The maximum absolute atomic E-state index is 13.1. The summed E-state index contributed by atoms with van der Waals surface area (Å²) in [7, 11) is 0. The number of nitrogens with one attached hydrogen (secondary N) is 1. The number of aromatic nitrogens is 3. The quantitative estimate of drug-likeness (QED) is 0.316. The molecule has 10 heteroatoms. The van der Waals surface area contributed by atoms with Crippen LogP contribution in [0.15, 0.2) is 43.4 Å². The van der Waals surface area contributed by atoms with Gasteiger partial charge in [-0.05, 0) is 68.2 Å². The van der Waals surface area contributed by atoms with Crippen LogP contribution in [0.5, 0.6) is 5.19 Å². The van der Waals surface area contributed by atoms with Gasteiger partial charge in [-0.3, -0.25) is 9.69 Å². The molecule has 1 aliphatic carbocycles. The molecule has 0 unspecified atom stereocenters. The summed E-state index contributed by atoms with van der Waals surface area (Å²) in [5.41, 5.74) is 3.61. The fourth-order valence-electron chi connectivity index (χ4n) is 5.48. The molecule has 214 valence electrons. The number of benzene rings is 1. The molecule has 2 aliphatic rings. The van der Waals surface area contributed by atoms with E-state index in [4.69, 9.17) is 4.74 Å². The second-order valence-electron chi connectivity index (χ2n) is 11.1. The largest absolute Gasteiger partial charge is 0.464 e. The van der Waals surface area contributed by atoms with E-state index in [-0.39, 0.29) is 11.9 Å². The zero-order chi connectivity index (χ0) is 28.1. The van der Waals surface area contributed by atoms with Crippen molar-refractivity contribution in [1.29, 1.82) is 0 Å². The average Bonchev–Trinajstić information content (AvgIpc) is 3.58. The van der Waals surface area contributed by atoms with E-state index in [1.54, 1.807) is 6.33 Å². The Morgan fingerprint density at radius 1 is 1.30 bits per heavy atom. The molecule has 3 heterocycles. The van der Waals surface area contributed by atoms with Gasteiger partial charge in [-0.1, -0.05) is 42.2 Å². The van der Waals surface area contributed by atoms with Crippen molar-refractivity contribution < 1.29 is 18.3 Å². The molecule has 0 atom stereocenters. The van der Waals surface area contributed by atoms with E-state index in [0.717, 1.165) is 86.8 Å². The van der Waals surface area contributed by atoms with Gasteiger partial charge < -0.3 is 14.6 Å². The molecule has 3 aromatic rings. The van der Waals surface area contributed by atoms with Crippen molar-refractivity contribution >= 4 is 23.3 Å². The normalized spacial score (nSPS) is 19.7.